The third-order valence-corrected chi connectivity index (χ3v) is 2.97. The van der Waals surface area contributed by atoms with Crippen LogP contribution in [0.15, 0.2) is 24.3 Å². The summed E-state index contributed by atoms with van der Waals surface area (Å²) in [5.74, 6) is 0.952. The van der Waals surface area contributed by atoms with Gasteiger partial charge in [-0.1, -0.05) is 38.3 Å². The SMILES string of the molecule is CCCCCCOc1ccc(C(C)OC)cc1. The van der Waals surface area contributed by atoms with E-state index in [1.54, 1.807) is 7.11 Å². The zero-order valence-corrected chi connectivity index (χ0v) is 11.2. The summed E-state index contributed by atoms with van der Waals surface area (Å²) in [6.45, 7) is 5.08. The first-order valence-corrected chi connectivity index (χ1v) is 6.53. The Hall–Kier alpha value is -1.02. The lowest BCUT2D eigenvalue weighted by Crippen LogP contribution is -1.99. The molecule has 1 aromatic carbocycles. The maximum absolute atomic E-state index is 5.68. The Morgan fingerprint density at radius 1 is 1.06 bits per heavy atom. The van der Waals surface area contributed by atoms with Gasteiger partial charge in [0.25, 0.3) is 0 Å². The van der Waals surface area contributed by atoms with Crippen LogP contribution in [0.5, 0.6) is 5.75 Å². The number of hydrogen-bond acceptors (Lipinski definition) is 2. The highest BCUT2D eigenvalue weighted by atomic mass is 16.5. The van der Waals surface area contributed by atoms with Crippen LogP contribution in [-0.2, 0) is 4.74 Å². The third-order valence-electron chi connectivity index (χ3n) is 2.97. The van der Waals surface area contributed by atoms with E-state index in [0.717, 1.165) is 18.8 Å². The fourth-order valence-corrected chi connectivity index (χ4v) is 1.69. The summed E-state index contributed by atoms with van der Waals surface area (Å²) in [5, 5.41) is 0. The van der Waals surface area contributed by atoms with Gasteiger partial charge in [0, 0.05) is 7.11 Å². The van der Waals surface area contributed by atoms with Crippen LogP contribution in [0.2, 0.25) is 0 Å². The van der Waals surface area contributed by atoms with E-state index in [9.17, 15) is 0 Å². The Balaban J connectivity index is 2.30. The lowest BCUT2D eigenvalue weighted by atomic mass is 10.1. The summed E-state index contributed by atoms with van der Waals surface area (Å²) < 4.78 is 10.9. The summed E-state index contributed by atoms with van der Waals surface area (Å²) in [4.78, 5) is 0. The molecule has 1 rings (SSSR count). The molecular weight excluding hydrogens is 212 g/mol. The smallest absolute Gasteiger partial charge is 0.119 e. The van der Waals surface area contributed by atoms with Crippen molar-refractivity contribution in [1.82, 2.24) is 0 Å². The van der Waals surface area contributed by atoms with Crippen LogP contribution in [-0.4, -0.2) is 13.7 Å². The van der Waals surface area contributed by atoms with Gasteiger partial charge in [-0.15, -0.1) is 0 Å². The molecule has 0 aromatic heterocycles. The quantitative estimate of drug-likeness (QED) is 0.625. The van der Waals surface area contributed by atoms with Crippen molar-refractivity contribution in [2.75, 3.05) is 13.7 Å². The van der Waals surface area contributed by atoms with Gasteiger partial charge in [-0.2, -0.15) is 0 Å². The molecule has 0 amide bonds. The minimum atomic E-state index is 0.147. The average Bonchev–Trinajstić information content (AvgIpc) is 2.38. The second-order valence-electron chi connectivity index (χ2n) is 4.36. The summed E-state index contributed by atoms with van der Waals surface area (Å²) >= 11 is 0. The number of ether oxygens (including phenoxy) is 2. The number of unbranched alkanes of at least 4 members (excludes halogenated alkanes) is 3. The number of rotatable bonds is 8. The van der Waals surface area contributed by atoms with Gasteiger partial charge in [-0.25, -0.2) is 0 Å². The van der Waals surface area contributed by atoms with Gasteiger partial charge >= 0.3 is 0 Å². The number of hydrogen-bond donors (Lipinski definition) is 0. The summed E-state index contributed by atoms with van der Waals surface area (Å²) in [5.41, 5.74) is 1.19. The van der Waals surface area contributed by atoms with Crippen LogP contribution >= 0.6 is 0 Å². The van der Waals surface area contributed by atoms with Crippen LogP contribution in [0, 0.1) is 0 Å². The molecule has 2 heteroatoms. The first-order chi connectivity index (χ1) is 8.27. The third kappa shape index (κ3) is 5.22. The van der Waals surface area contributed by atoms with E-state index >= 15 is 0 Å². The van der Waals surface area contributed by atoms with E-state index in [0.29, 0.717) is 0 Å². The molecule has 0 radical (unpaired) electrons. The molecule has 0 aliphatic heterocycles. The monoisotopic (exact) mass is 236 g/mol. The zero-order chi connectivity index (χ0) is 12.5. The van der Waals surface area contributed by atoms with E-state index in [1.807, 2.05) is 19.1 Å². The number of methoxy groups -OCH3 is 1. The molecule has 0 saturated carbocycles. The van der Waals surface area contributed by atoms with Crippen molar-refractivity contribution in [2.45, 2.75) is 45.6 Å². The Kier molecular flexibility index (Phi) is 6.71. The highest BCUT2D eigenvalue weighted by molar-refractivity contribution is 5.28. The Morgan fingerprint density at radius 3 is 2.35 bits per heavy atom. The molecular formula is C15H24O2. The van der Waals surface area contributed by atoms with Gasteiger partial charge in [0.15, 0.2) is 0 Å². The largest absolute Gasteiger partial charge is 0.494 e. The van der Waals surface area contributed by atoms with E-state index < -0.39 is 0 Å². The van der Waals surface area contributed by atoms with Crippen LogP contribution in [0.4, 0.5) is 0 Å². The van der Waals surface area contributed by atoms with Crippen molar-refractivity contribution in [1.29, 1.82) is 0 Å². The van der Waals surface area contributed by atoms with Gasteiger partial charge < -0.3 is 9.47 Å². The van der Waals surface area contributed by atoms with Crippen LogP contribution in [0.25, 0.3) is 0 Å². The molecule has 1 atom stereocenters. The average molecular weight is 236 g/mol. The lowest BCUT2D eigenvalue weighted by Gasteiger charge is -2.11. The fourth-order valence-electron chi connectivity index (χ4n) is 1.69. The maximum atomic E-state index is 5.68. The van der Waals surface area contributed by atoms with Crippen LogP contribution in [0.3, 0.4) is 0 Å². The van der Waals surface area contributed by atoms with Crippen LogP contribution in [0.1, 0.15) is 51.2 Å². The van der Waals surface area contributed by atoms with Crippen LogP contribution < -0.4 is 4.74 Å². The second kappa shape index (κ2) is 8.13. The Morgan fingerprint density at radius 2 is 1.76 bits per heavy atom. The summed E-state index contributed by atoms with van der Waals surface area (Å²) in [6, 6.07) is 8.17. The molecule has 0 aliphatic rings. The van der Waals surface area contributed by atoms with E-state index in [2.05, 4.69) is 19.1 Å². The van der Waals surface area contributed by atoms with Crippen molar-refractivity contribution < 1.29 is 9.47 Å². The van der Waals surface area contributed by atoms with E-state index in [1.165, 1.54) is 24.8 Å². The van der Waals surface area contributed by atoms with Gasteiger partial charge in [-0.05, 0) is 31.0 Å². The Bertz CT molecular complexity index is 292. The highest BCUT2D eigenvalue weighted by Crippen LogP contribution is 2.19. The summed E-state index contributed by atoms with van der Waals surface area (Å²) in [6.07, 6.45) is 5.12. The number of benzene rings is 1. The van der Waals surface area contributed by atoms with Gasteiger partial charge in [0.1, 0.15) is 5.75 Å². The minimum absolute atomic E-state index is 0.147. The van der Waals surface area contributed by atoms with E-state index in [-0.39, 0.29) is 6.10 Å². The first-order valence-electron chi connectivity index (χ1n) is 6.53. The molecule has 0 saturated heterocycles. The molecule has 17 heavy (non-hydrogen) atoms. The van der Waals surface area contributed by atoms with Crippen molar-refractivity contribution in [3.05, 3.63) is 29.8 Å². The van der Waals surface area contributed by atoms with E-state index in [4.69, 9.17) is 9.47 Å². The van der Waals surface area contributed by atoms with Gasteiger partial charge in [0.2, 0.25) is 0 Å². The molecule has 1 aromatic rings. The fraction of sp³-hybridized carbons (Fsp3) is 0.600. The Labute approximate surface area is 105 Å². The molecule has 1 unspecified atom stereocenters. The molecule has 0 N–H and O–H groups in total. The van der Waals surface area contributed by atoms with Crippen molar-refractivity contribution >= 4 is 0 Å². The second-order valence-corrected chi connectivity index (χ2v) is 4.36. The van der Waals surface area contributed by atoms with Crippen molar-refractivity contribution in [2.24, 2.45) is 0 Å². The zero-order valence-electron chi connectivity index (χ0n) is 11.2. The first kappa shape index (κ1) is 14.0. The molecule has 2 nitrogen and oxygen atoms in total. The topological polar surface area (TPSA) is 18.5 Å². The van der Waals surface area contributed by atoms with Crippen molar-refractivity contribution in [3.63, 3.8) is 0 Å². The van der Waals surface area contributed by atoms with Gasteiger partial charge in [0.05, 0.1) is 12.7 Å². The molecule has 0 fully saturated rings. The normalized spacial score (nSPS) is 12.4. The molecule has 0 bridgehead atoms. The molecule has 96 valence electrons. The van der Waals surface area contributed by atoms with Crippen molar-refractivity contribution in [3.8, 4) is 5.75 Å². The predicted molar refractivity (Wildman–Crippen MR) is 71.5 cm³/mol. The minimum Gasteiger partial charge on any atom is -0.494 e. The maximum Gasteiger partial charge on any atom is 0.119 e. The predicted octanol–water partition coefficient (Wildman–Crippen LogP) is 4.35. The summed E-state index contributed by atoms with van der Waals surface area (Å²) in [7, 11) is 1.73. The highest BCUT2D eigenvalue weighted by Gasteiger charge is 2.03. The lowest BCUT2D eigenvalue weighted by molar-refractivity contribution is 0.119. The molecule has 0 heterocycles. The molecule has 0 aliphatic carbocycles. The standard InChI is InChI=1S/C15H24O2/c1-4-5-6-7-12-17-15-10-8-14(9-11-15)13(2)16-3/h8-11,13H,4-7,12H2,1-3H3. The van der Waals surface area contributed by atoms with Gasteiger partial charge in [-0.3, -0.25) is 0 Å². The molecule has 0 spiro atoms.